The second-order valence-electron chi connectivity index (χ2n) is 5.57. The minimum absolute atomic E-state index is 0.103. The maximum absolute atomic E-state index is 12.6. The van der Waals surface area contributed by atoms with E-state index in [0.717, 1.165) is 6.42 Å². The van der Waals surface area contributed by atoms with Crippen molar-refractivity contribution in [3.8, 4) is 17.2 Å². The van der Waals surface area contributed by atoms with Gasteiger partial charge in [-0.25, -0.2) is 13.1 Å². The molecule has 1 aliphatic heterocycles. The number of nitrogens with one attached hydrogen (secondary N) is 1. The summed E-state index contributed by atoms with van der Waals surface area (Å²) >= 11 is 0. The zero-order valence-electron chi connectivity index (χ0n) is 13.6. The summed E-state index contributed by atoms with van der Waals surface area (Å²) in [5.41, 5.74) is 1.14. The number of aromatic nitrogens is 4. The van der Waals surface area contributed by atoms with E-state index in [4.69, 9.17) is 9.47 Å². The molecule has 2 heterocycles. The fourth-order valence-corrected chi connectivity index (χ4v) is 3.56. The highest BCUT2D eigenvalue weighted by atomic mass is 32.2. The van der Waals surface area contributed by atoms with Crippen LogP contribution in [-0.4, -0.2) is 41.8 Å². The predicted molar refractivity (Wildman–Crippen MR) is 92.0 cm³/mol. The minimum Gasteiger partial charge on any atom is -0.490 e. The molecule has 4 rings (SSSR count). The first kappa shape index (κ1) is 16.3. The van der Waals surface area contributed by atoms with E-state index >= 15 is 0 Å². The summed E-state index contributed by atoms with van der Waals surface area (Å²) in [4.78, 5) is 0.103. The Balaban J connectivity index is 1.56. The lowest BCUT2D eigenvalue weighted by Gasteiger charge is -2.12. The number of sulfonamides is 1. The lowest BCUT2D eigenvalue weighted by molar-refractivity contribution is 0.297. The third-order valence-corrected chi connectivity index (χ3v) is 5.14. The summed E-state index contributed by atoms with van der Waals surface area (Å²) in [6, 6.07) is 11.3. The fourth-order valence-electron chi connectivity index (χ4n) is 2.49. The average Bonchev–Trinajstić information content (AvgIpc) is 3.07. The predicted octanol–water partition coefficient (Wildman–Crippen LogP) is 1.62. The Morgan fingerprint density at radius 3 is 2.50 bits per heavy atom. The second-order valence-corrected chi connectivity index (χ2v) is 7.25. The van der Waals surface area contributed by atoms with Crippen molar-refractivity contribution in [2.75, 3.05) is 17.9 Å². The first-order valence-electron chi connectivity index (χ1n) is 7.88. The van der Waals surface area contributed by atoms with E-state index in [2.05, 4.69) is 20.2 Å². The molecule has 3 aromatic rings. The molecule has 1 aromatic heterocycles. The first-order valence-corrected chi connectivity index (χ1v) is 9.36. The molecule has 0 spiro atoms. The van der Waals surface area contributed by atoms with E-state index in [9.17, 15) is 8.42 Å². The fraction of sp³-hybridized carbons (Fsp3) is 0.188. The normalized spacial score (nSPS) is 13.8. The van der Waals surface area contributed by atoms with Crippen molar-refractivity contribution in [3.05, 3.63) is 48.8 Å². The topological polar surface area (TPSA) is 108 Å². The van der Waals surface area contributed by atoms with Gasteiger partial charge in [0.05, 0.1) is 23.8 Å². The standard InChI is InChI=1S/C16H15N5O4S/c22-26(23,14-6-7-15-16(10-14)25-9-1-8-24-15)18-12-2-4-13(5-3-12)21-11-17-19-20-21/h2-7,10-11,18H,1,8-9H2. The van der Waals surface area contributed by atoms with Crippen LogP contribution >= 0.6 is 0 Å². The maximum atomic E-state index is 12.6. The zero-order chi connectivity index (χ0) is 18.0. The van der Waals surface area contributed by atoms with Gasteiger partial charge in [0.25, 0.3) is 10.0 Å². The monoisotopic (exact) mass is 373 g/mol. The number of hydrogen-bond acceptors (Lipinski definition) is 7. The van der Waals surface area contributed by atoms with Gasteiger partial charge in [-0.2, -0.15) is 0 Å². The van der Waals surface area contributed by atoms with Crippen molar-refractivity contribution in [2.24, 2.45) is 0 Å². The molecule has 0 unspecified atom stereocenters. The highest BCUT2D eigenvalue weighted by molar-refractivity contribution is 7.92. The van der Waals surface area contributed by atoms with Crippen molar-refractivity contribution < 1.29 is 17.9 Å². The van der Waals surface area contributed by atoms with Gasteiger partial charge in [-0.3, -0.25) is 4.72 Å². The van der Waals surface area contributed by atoms with Crippen LogP contribution < -0.4 is 14.2 Å². The number of nitrogens with zero attached hydrogens (tertiary/aromatic N) is 4. The number of fused-ring (bicyclic) bond motifs is 1. The molecule has 0 atom stereocenters. The molecule has 134 valence electrons. The molecule has 0 saturated heterocycles. The van der Waals surface area contributed by atoms with Gasteiger partial charge in [-0.15, -0.1) is 5.10 Å². The van der Waals surface area contributed by atoms with Crippen molar-refractivity contribution in [3.63, 3.8) is 0 Å². The van der Waals surface area contributed by atoms with E-state index < -0.39 is 10.0 Å². The molecular formula is C16H15N5O4S. The number of tetrazole rings is 1. The number of rotatable bonds is 4. The van der Waals surface area contributed by atoms with Gasteiger partial charge in [-0.1, -0.05) is 0 Å². The van der Waals surface area contributed by atoms with Gasteiger partial charge < -0.3 is 9.47 Å². The van der Waals surface area contributed by atoms with Crippen LogP contribution in [0.3, 0.4) is 0 Å². The molecule has 26 heavy (non-hydrogen) atoms. The Labute approximate surface area is 149 Å². The Morgan fingerprint density at radius 1 is 1.00 bits per heavy atom. The number of anilines is 1. The molecule has 0 saturated carbocycles. The SMILES string of the molecule is O=S(=O)(Nc1ccc(-n2cnnn2)cc1)c1ccc2c(c1)OCCCO2. The van der Waals surface area contributed by atoms with Crippen LogP contribution in [0.2, 0.25) is 0 Å². The highest BCUT2D eigenvalue weighted by Gasteiger charge is 2.19. The molecule has 0 aliphatic carbocycles. The summed E-state index contributed by atoms with van der Waals surface area (Å²) in [5, 5.41) is 10.9. The summed E-state index contributed by atoms with van der Waals surface area (Å²) in [6.45, 7) is 1.04. The smallest absolute Gasteiger partial charge is 0.262 e. The molecular weight excluding hydrogens is 358 g/mol. The lowest BCUT2D eigenvalue weighted by Crippen LogP contribution is -2.13. The van der Waals surface area contributed by atoms with Crippen molar-refractivity contribution >= 4 is 15.7 Å². The zero-order valence-corrected chi connectivity index (χ0v) is 14.4. The van der Waals surface area contributed by atoms with E-state index in [1.165, 1.54) is 23.1 Å². The van der Waals surface area contributed by atoms with Gasteiger partial charge in [0.15, 0.2) is 11.5 Å². The second kappa shape index (κ2) is 6.64. The Kier molecular flexibility index (Phi) is 4.17. The molecule has 9 nitrogen and oxygen atoms in total. The van der Waals surface area contributed by atoms with Gasteiger partial charge >= 0.3 is 0 Å². The molecule has 0 radical (unpaired) electrons. The van der Waals surface area contributed by atoms with Gasteiger partial charge in [0.2, 0.25) is 0 Å². The molecule has 1 aliphatic rings. The summed E-state index contributed by atoms with van der Waals surface area (Å²) in [7, 11) is -3.76. The minimum atomic E-state index is -3.76. The van der Waals surface area contributed by atoms with Crippen molar-refractivity contribution in [1.29, 1.82) is 0 Å². The highest BCUT2D eigenvalue weighted by Crippen LogP contribution is 2.32. The summed E-state index contributed by atoms with van der Waals surface area (Å²) < 4.78 is 40.4. The van der Waals surface area contributed by atoms with Crippen LogP contribution in [-0.2, 0) is 10.0 Å². The van der Waals surface area contributed by atoms with Crippen LogP contribution in [0.15, 0.2) is 53.7 Å². The van der Waals surface area contributed by atoms with E-state index in [1.807, 2.05) is 0 Å². The Bertz CT molecular complexity index is 1000. The van der Waals surface area contributed by atoms with Crippen molar-refractivity contribution in [1.82, 2.24) is 20.2 Å². The summed E-state index contributed by atoms with van der Waals surface area (Å²) in [5.74, 6) is 0.978. The third-order valence-electron chi connectivity index (χ3n) is 3.76. The third kappa shape index (κ3) is 3.31. The number of ether oxygens (including phenoxy) is 2. The van der Waals surface area contributed by atoms with Crippen molar-refractivity contribution in [2.45, 2.75) is 11.3 Å². The van der Waals surface area contributed by atoms with E-state index in [0.29, 0.717) is 36.1 Å². The van der Waals surface area contributed by atoms with Crippen LogP contribution in [0.5, 0.6) is 11.5 Å². The van der Waals surface area contributed by atoms with E-state index in [1.54, 1.807) is 30.3 Å². The summed E-state index contributed by atoms with van der Waals surface area (Å²) in [6.07, 6.45) is 2.21. The Hall–Kier alpha value is -3.14. The van der Waals surface area contributed by atoms with E-state index in [-0.39, 0.29) is 4.90 Å². The quantitative estimate of drug-likeness (QED) is 0.740. The molecule has 10 heteroatoms. The number of benzene rings is 2. The maximum Gasteiger partial charge on any atom is 0.262 e. The lowest BCUT2D eigenvalue weighted by atomic mass is 10.3. The molecule has 2 aromatic carbocycles. The van der Waals surface area contributed by atoms with Crippen LogP contribution in [0.1, 0.15) is 6.42 Å². The molecule has 0 bridgehead atoms. The molecule has 0 amide bonds. The van der Waals surface area contributed by atoms with Gasteiger partial charge in [-0.05, 0) is 46.8 Å². The Morgan fingerprint density at radius 2 is 1.77 bits per heavy atom. The van der Waals surface area contributed by atoms with Gasteiger partial charge in [0.1, 0.15) is 6.33 Å². The largest absolute Gasteiger partial charge is 0.490 e. The number of hydrogen-bond donors (Lipinski definition) is 1. The first-order chi connectivity index (χ1) is 12.6. The molecule has 1 N–H and O–H groups in total. The molecule has 0 fully saturated rings. The van der Waals surface area contributed by atoms with Crippen LogP contribution in [0.4, 0.5) is 5.69 Å². The van der Waals surface area contributed by atoms with Crippen LogP contribution in [0.25, 0.3) is 5.69 Å². The van der Waals surface area contributed by atoms with Crippen LogP contribution in [0, 0.1) is 0 Å². The average molecular weight is 373 g/mol. The van der Waals surface area contributed by atoms with Gasteiger partial charge in [0, 0.05) is 18.2 Å².